The van der Waals surface area contributed by atoms with Crippen LogP contribution >= 0.6 is 11.6 Å². The van der Waals surface area contributed by atoms with Crippen LogP contribution in [0, 0.1) is 21.4 Å². The summed E-state index contributed by atoms with van der Waals surface area (Å²) in [6.07, 6.45) is -2.56. The minimum atomic E-state index is -4.53. The monoisotopic (exact) mass is 419 g/mol. The third-order valence-corrected chi connectivity index (χ3v) is 4.14. The molecule has 146 valence electrons. The van der Waals surface area contributed by atoms with Crippen LogP contribution in [-0.4, -0.2) is 9.91 Å². The average Bonchev–Trinajstić information content (AvgIpc) is 3.13. The van der Waals surface area contributed by atoms with Crippen LogP contribution in [0.2, 0.25) is 5.02 Å². The quantitative estimate of drug-likeness (QED) is 0.294. The van der Waals surface area contributed by atoms with Gasteiger partial charge in [0.2, 0.25) is 0 Å². The van der Waals surface area contributed by atoms with E-state index in [-0.39, 0.29) is 27.7 Å². The van der Waals surface area contributed by atoms with Gasteiger partial charge in [-0.1, -0.05) is 11.6 Å². The summed E-state index contributed by atoms with van der Waals surface area (Å²) in [6.45, 7) is 0. The molecule has 3 aromatic rings. The number of nitro benzene ring substituents is 1. The van der Waals surface area contributed by atoms with Crippen LogP contribution in [0.15, 0.2) is 53.1 Å². The lowest BCUT2D eigenvalue weighted by molar-refractivity contribution is -0.384. The number of nitrogens with zero attached hydrogens (tertiary/aromatic N) is 3. The van der Waals surface area contributed by atoms with E-state index in [2.05, 4.69) is 4.98 Å². The summed E-state index contributed by atoms with van der Waals surface area (Å²) < 4.78 is 43.5. The first-order valence-corrected chi connectivity index (χ1v) is 8.26. The van der Waals surface area contributed by atoms with Crippen molar-refractivity contribution in [3.8, 4) is 17.4 Å². The van der Waals surface area contributed by atoms with Crippen LogP contribution in [0.3, 0.4) is 0 Å². The summed E-state index contributed by atoms with van der Waals surface area (Å²) in [7, 11) is 0. The molecular formula is C19H9ClF3N3O3. The zero-order chi connectivity index (χ0) is 21.2. The van der Waals surface area contributed by atoms with Gasteiger partial charge in [-0.15, -0.1) is 0 Å². The highest BCUT2D eigenvalue weighted by Crippen LogP contribution is 2.33. The van der Waals surface area contributed by atoms with Crippen LogP contribution < -0.4 is 0 Å². The molecule has 0 N–H and O–H groups in total. The molecule has 0 aliphatic heterocycles. The van der Waals surface area contributed by atoms with Crippen molar-refractivity contribution in [3.05, 3.63) is 80.8 Å². The molecule has 0 bridgehead atoms. The van der Waals surface area contributed by atoms with Gasteiger partial charge < -0.3 is 4.42 Å². The Morgan fingerprint density at radius 2 is 2.00 bits per heavy atom. The topological polar surface area (TPSA) is 93.0 Å². The minimum absolute atomic E-state index is 0.00517. The molecule has 1 aromatic carbocycles. The van der Waals surface area contributed by atoms with Crippen molar-refractivity contribution in [3.63, 3.8) is 0 Å². The number of alkyl halides is 3. The first-order valence-electron chi connectivity index (χ1n) is 7.88. The first kappa shape index (κ1) is 20.1. The number of rotatable bonds is 4. The second-order valence-electron chi connectivity index (χ2n) is 5.72. The molecule has 2 heterocycles. The maximum absolute atomic E-state index is 12.6. The normalized spacial score (nSPS) is 11.9. The number of aromatic nitrogens is 1. The van der Waals surface area contributed by atoms with Crippen LogP contribution in [0.5, 0.6) is 0 Å². The number of non-ortho nitro benzene ring substituents is 1. The number of hydrogen-bond acceptors (Lipinski definition) is 5. The Bertz CT molecular complexity index is 1150. The summed E-state index contributed by atoms with van der Waals surface area (Å²) in [5, 5.41) is 20.2. The number of benzene rings is 1. The highest BCUT2D eigenvalue weighted by Gasteiger charge is 2.30. The zero-order valence-corrected chi connectivity index (χ0v) is 15.0. The van der Waals surface area contributed by atoms with Crippen LogP contribution in [0.1, 0.15) is 17.0 Å². The summed E-state index contributed by atoms with van der Waals surface area (Å²) in [4.78, 5) is 13.9. The second kappa shape index (κ2) is 7.77. The van der Waals surface area contributed by atoms with Gasteiger partial charge in [0.25, 0.3) is 5.69 Å². The van der Waals surface area contributed by atoms with Crippen molar-refractivity contribution >= 4 is 28.9 Å². The molecule has 0 atom stereocenters. The van der Waals surface area contributed by atoms with Gasteiger partial charge in [0, 0.05) is 30.0 Å². The standard InChI is InChI=1S/C19H9ClF3N3O3/c20-16-8-13(26(27)28)2-4-15(16)18-6-3-14(29-18)7-11(9-24)17-5-1-12(10-25-17)19(21,22)23/h1-8,10H/b11-7+. The van der Waals surface area contributed by atoms with Gasteiger partial charge in [-0.05, 0) is 30.3 Å². The molecule has 0 aliphatic carbocycles. The Kier molecular flexibility index (Phi) is 5.39. The lowest BCUT2D eigenvalue weighted by atomic mass is 10.1. The Morgan fingerprint density at radius 3 is 2.55 bits per heavy atom. The molecule has 10 heteroatoms. The number of allylic oxidation sites excluding steroid dienone is 1. The summed E-state index contributed by atoms with van der Waals surface area (Å²) in [5.41, 5.74) is -0.651. The highest BCUT2D eigenvalue weighted by atomic mass is 35.5. The van der Waals surface area contributed by atoms with Crippen molar-refractivity contribution in [1.29, 1.82) is 5.26 Å². The number of nitriles is 1. The largest absolute Gasteiger partial charge is 0.457 e. The lowest BCUT2D eigenvalue weighted by Crippen LogP contribution is -2.05. The van der Waals surface area contributed by atoms with Crippen molar-refractivity contribution in [1.82, 2.24) is 4.98 Å². The molecular weight excluding hydrogens is 411 g/mol. The number of nitro groups is 1. The molecule has 2 aromatic heterocycles. The Balaban J connectivity index is 1.90. The molecule has 0 aliphatic rings. The molecule has 0 spiro atoms. The third-order valence-electron chi connectivity index (χ3n) is 3.83. The van der Waals surface area contributed by atoms with E-state index in [1.165, 1.54) is 30.3 Å². The molecule has 0 radical (unpaired) electrons. The van der Waals surface area contributed by atoms with Gasteiger partial charge in [-0.3, -0.25) is 15.1 Å². The molecule has 0 saturated carbocycles. The molecule has 0 amide bonds. The number of hydrogen-bond donors (Lipinski definition) is 0. The Hall–Kier alpha value is -3.64. The summed E-state index contributed by atoms with van der Waals surface area (Å²) in [6, 6.07) is 10.7. The van der Waals surface area contributed by atoms with E-state index in [1.807, 2.05) is 6.07 Å². The van der Waals surface area contributed by atoms with Crippen LogP contribution in [0.4, 0.5) is 18.9 Å². The van der Waals surface area contributed by atoms with Gasteiger partial charge in [-0.25, -0.2) is 0 Å². The SMILES string of the molecule is N#C/C(=C\c1ccc(-c2ccc([N+](=O)[O-])cc2Cl)o1)c1ccc(C(F)(F)F)cn1. The predicted octanol–water partition coefficient (Wildman–Crippen LogP) is 5.99. The van der Waals surface area contributed by atoms with Crippen LogP contribution in [-0.2, 0) is 6.18 Å². The number of furan rings is 1. The smallest absolute Gasteiger partial charge is 0.417 e. The molecule has 0 unspecified atom stereocenters. The third kappa shape index (κ3) is 4.44. The fourth-order valence-electron chi connectivity index (χ4n) is 2.42. The van der Waals surface area contributed by atoms with E-state index < -0.39 is 16.7 Å². The predicted molar refractivity (Wildman–Crippen MR) is 98.5 cm³/mol. The van der Waals surface area contributed by atoms with Gasteiger partial charge in [0.05, 0.1) is 26.8 Å². The fraction of sp³-hybridized carbons (Fsp3) is 0.0526. The summed E-state index contributed by atoms with van der Waals surface area (Å²) >= 11 is 6.06. The molecule has 29 heavy (non-hydrogen) atoms. The Morgan fingerprint density at radius 1 is 1.24 bits per heavy atom. The van der Waals surface area contributed by atoms with E-state index in [1.54, 1.807) is 6.07 Å². The maximum atomic E-state index is 12.6. The fourth-order valence-corrected chi connectivity index (χ4v) is 2.69. The Labute approximate surface area is 166 Å². The molecule has 6 nitrogen and oxygen atoms in total. The van der Waals surface area contributed by atoms with Crippen molar-refractivity contribution in [2.75, 3.05) is 0 Å². The van der Waals surface area contributed by atoms with Gasteiger partial charge in [-0.2, -0.15) is 18.4 Å². The first-order chi connectivity index (χ1) is 13.7. The zero-order valence-electron chi connectivity index (χ0n) is 14.3. The number of pyridine rings is 1. The summed E-state index contributed by atoms with van der Waals surface area (Å²) in [5.74, 6) is 0.529. The molecule has 0 fully saturated rings. The minimum Gasteiger partial charge on any atom is -0.457 e. The van der Waals surface area contributed by atoms with Gasteiger partial charge in [0.1, 0.15) is 17.6 Å². The molecule has 0 saturated heterocycles. The van der Waals surface area contributed by atoms with Crippen molar-refractivity contribution < 1.29 is 22.5 Å². The van der Waals surface area contributed by atoms with Crippen molar-refractivity contribution in [2.45, 2.75) is 6.18 Å². The van der Waals surface area contributed by atoms with E-state index in [9.17, 15) is 28.5 Å². The average molecular weight is 420 g/mol. The second-order valence-corrected chi connectivity index (χ2v) is 6.13. The van der Waals surface area contributed by atoms with E-state index in [0.29, 0.717) is 17.5 Å². The lowest BCUT2D eigenvalue weighted by Gasteiger charge is -2.06. The van der Waals surface area contributed by atoms with E-state index in [0.717, 1.165) is 12.1 Å². The van der Waals surface area contributed by atoms with Crippen molar-refractivity contribution in [2.24, 2.45) is 0 Å². The van der Waals surface area contributed by atoms with E-state index in [4.69, 9.17) is 16.0 Å². The number of halogens is 4. The maximum Gasteiger partial charge on any atom is 0.417 e. The van der Waals surface area contributed by atoms with Gasteiger partial charge in [0.15, 0.2) is 0 Å². The van der Waals surface area contributed by atoms with Gasteiger partial charge >= 0.3 is 6.18 Å². The molecule has 3 rings (SSSR count). The van der Waals surface area contributed by atoms with Crippen LogP contribution in [0.25, 0.3) is 23.0 Å². The highest BCUT2D eigenvalue weighted by molar-refractivity contribution is 6.33. The van der Waals surface area contributed by atoms with E-state index >= 15 is 0 Å².